The van der Waals surface area contributed by atoms with Gasteiger partial charge in [0.15, 0.2) is 0 Å². The van der Waals surface area contributed by atoms with Crippen LogP contribution in [0.5, 0.6) is 0 Å². The Labute approximate surface area is 95.4 Å². The van der Waals surface area contributed by atoms with Crippen LogP contribution in [0.25, 0.3) is 0 Å². The molecular weight excluding hydrogens is 188 g/mol. The average Bonchev–Trinajstić information content (AvgIpc) is 2.12. The zero-order chi connectivity index (χ0) is 12.2. The van der Waals surface area contributed by atoms with Gasteiger partial charge in [0.1, 0.15) is 5.60 Å². The van der Waals surface area contributed by atoms with Gasteiger partial charge in [0.05, 0.1) is 0 Å². The molecule has 15 heavy (non-hydrogen) atoms. The van der Waals surface area contributed by atoms with Gasteiger partial charge in [-0.15, -0.1) is 0 Å². The van der Waals surface area contributed by atoms with E-state index in [0.717, 1.165) is 0 Å². The van der Waals surface area contributed by atoms with Gasteiger partial charge in [0.2, 0.25) is 0 Å². The van der Waals surface area contributed by atoms with Crippen LogP contribution in [0.2, 0.25) is 0 Å². The van der Waals surface area contributed by atoms with Gasteiger partial charge in [0, 0.05) is 0 Å². The summed E-state index contributed by atoms with van der Waals surface area (Å²) in [7, 11) is 0. The van der Waals surface area contributed by atoms with Crippen molar-refractivity contribution >= 4 is 6.47 Å². The summed E-state index contributed by atoms with van der Waals surface area (Å²) < 4.78 is 4.55. The topological polar surface area (TPSA) is 26.3 Å². The summed E-state index contributed by atoms with van der Waals surface area (Å²) in [5.41, 5.74) is -0.318. The molecule has 0 atom stereocenters. The Hall–Kier alpha value is -0.530. The molecule has 0 aromatic heterocycles. The van der Waals surface area contributed by atoms with E-state index in [4.69, 9.17) is 0 Å². The quantitative estimate of drug-likeness (QED) is 0.488. The zero-order valence-electron chi connectivity index (χ0n) is 11.1. The fourth-order valence-electron chi connectivity index (χ4n) is 0.998. The van der Waals surface area contributed by atoms with Gasteiger partial charge in [-0.3, -0.25) is 4.79 Å². The maximum absolute atomic E-state index is 9.60. The van der Waals surface area contributed by atoms with Crippen LogP contribution in [-0.4, -0.2) is 12.1 Å². The van der Waals surface area contributed by atoms with Crippen LogP contribution in [0.1, 0.15) is 73.1 Å². The summed E-state index contributed by atoms with van der Waals surface area (Å²) in [4.78, 5) is 9.60. The van der Waals surface area contributed by atoms with Crippen LogP contribution in [-0.2, 0) is 9.53 Å². The molecule has 92 valence electrons. The minimum atomic E-state index is -0.318. The average molecular weight is 216 g/mol. The van der Waals surface area contributed by atoms with E-state index in [9.17, 15) is 4.79 Å². The lowest BCUT2D eigenvalue weighted by molar-refractivity contribution is -0.138. The van der Waals surface area contributed by atoms with Crippen LogP contribution in [0.4, 0.5) is 0 Å². The SMILES string of the molecule is CC(C)(C)OC=O.CCCCCCCC. The zero-order valence-corrected chi connectivity index (χ0v) is 11.1. The third-order valence-electron chi connectivity index (χ3n) is 1.86. The standard InChI is InChI=1S/C8H18.C5H10O2/c1-3-5-7-8-6-4-2;1-5(2,3)7-4-6/h3-8H2,1-2H3;4H,1-3H3. The molecule has 0 unspecified atom stereocenters. The second-order valence-electron chi connectivity index (χ2n) is 4.74. The third kappa shape index (κ3) is 24.7. The van der Waals surface area contributed by atoms with E-state index in [1.807, 2.05) is 20.8 Å². The molecule has 0 aromatic rings. The monoisotopic (exact) mass is 216 g/mol. The van der Waals surface area contributed by atoms with Crippen molar-refractivity contribution in [2.45, 2.75) is 78.7 Å². The van der Waals surface area contributed by atoms with E-state index >= 15 is 0 Å². The van der Waals surface area contributed by atoms with Crippen molar-refractivity contribution in [3.63, 3.8) is 0 Å². The van der Waals surface area contributed by atoms with E-state index in [1.54, 1.807) is 0 Å². The third-order valence-corrected chi connectivity index (χ3v) is 1.86. The number of hydrogen-bond acceptors (Lipinski definition) is 2. The molecule has 2 heteroatoms. The van der Waals surface area contributed by atoms with Crippen molar-refractivity contribution in [1.82, 2.24) is 0 Å². The Morgan fingerprint density at radius 1 is 0.933 bits per heavy atom. The number of unbranched alkanes of at least 4 members (excludes halogenated alkanes) is 5. The minimum Gasteiger partial charge on any atom is -0.462 e. The predicted molar refractivity (Wildman–Crippen MR) is 66.0 cm³/mol. The number of carbonyl (C=O) groups excluding carboxylic acids is 1. The molecule has 0 aliphatic carbocycles. The maximum atomic E-state index is 9.60. The van der Waals surface area contributed by atoms with Crippen molar-refractivity contribution < 1.29 is 9.53 Å². The first kappa shape index (κ1) is 16.9. The lowest BCUT2D eigenvalue weighted by Gasteiger charge is -2.14. The molecule has 0 rings (SSSR count). The molecule has 0 spiro atoms. The Morgan fingerprint density at radius 2 is 1.33 bits per heavy atom. The summed E-state index contributed by atoms with van der Waals surface area (Å²) in [6.45, 7) is 10.4. The highest BCUT2D eigenvalue weighted by molar-refractivity contribution is 5.37. The first-order valence-corrected chi connectivity index (χ1v) is 6.09. The van der Waals surface area contributed by atoms with Crippen LogP contribution < -0.4 is 0 Å². The van der Waals surface area contributed by atoms with Crippen LogP contribution in [0.3, 0.4) is 0 Å². The van der Waals surface area contributed by atoms with Crippen molar-refractivity contribution in [1.29, 1.82) is 0 Å². The lowest BCUT2D eigenvalue weighted by Crippen LogP contribution is -2.17. The number of rotatable bonds is 6. The van der Waals surface area contributed by atoms with E-state index in [2.05, 4.69) is 18.6 Å². The van der Waals surface area contributed by atoms with E-state index in [-0.39, 0.29) is 5.60 Å². The second kappa shape index (κ2) is 11.5. The van der Waals surface area contributed by atoms with E-state index < -0.39 is 0 Å². The van der Waals surface area contributed by atoms with Crippen molar-refractivity contribution in [3.05, 3.63) is 0 Å². The van der Waals surface area contributed by atoms with Gasteiger partial charge in [-0.05, 0) is 20.8 Å². The van der Waals surface area contributed by atoms with Gasteiger partial charge in [-0.25, -0.2) is 0 Å². The van der Waals surface area contributed by atoms with Gasteiger partial charge in [-0.2, -0.15) is 0 Å². The van der Waals surface area contributed by atoms with Gasteiger partial charge < -0.3 is 4.74 Å². The fourth-order valence-corrected chi connectivity index (χ4v) is 0.998. The molecule has 0 saturated carbocycles. The highest BCUT2D eigenvalue weighted by Gasteiger charge is 2.07. The van der Waals surface area contributed by atoms with E-state index in [0.29, 0.717) is 6.47 Å². The molecule has 0 aromatic carbocycles. The summed E-state index contributed by atoms with van der Waals surface area (Å²) in [6.07, 6.45) is 8.49. The van der Waals surface area contributed by atoms with Gasteiger partial charge >= 0.3 is 0 Å². The van der Waals surface area contributed by atoms with Crippen molar-refractivity contribution in [2.75, 3.05) is 0 Å². The van der Waals surface area contributed by atoms with Crippen molar-refractivity contribution in [3.8, 4) is 0 Å². The fraction of sp³-hybridized carbons (Fsp3) is 0.923. The molecule has 0 heterocycles. The summed E-state index contributed by atoms with van der Waals surface area (Å²) in [5, 5.41) is 0. The van der Waals surface area contributed by atoms with Crippen LogP contribution in [0.15, 0.2) is 0 Å². The first-order valence-electron chi connectivity index (χ1n) is 6.09. The molecule has 0 amide bonds. The molecule has 0 fully saturated rings. The largest absolute Gasteiger partial charge is 0.462 e. The van der Waals surface area contributed by atoms with Crippen LogP contribution in [0, 0.1) is 0 Å². The minimum absolute atomic E-state index is 0.318. The number of ether oxygens (including phenoxy) is 1. The first-order chi connectivity index (χ1) is 6.97. The Kier molecular flexibility index (Phi) is 13.0. The molecule has 0 aliphatic rings. The molecule has 2 nitrogen and oxygen atoms in total. The summed E-state index contributed by atoms with van der Waals surface area (Å²) >= 11 is 0. The highest BCUT2D eigenvalue weighted by atomic mass is 16.5. The normalized spacial score (nSPS) is 10.2. The molecule has 0 N–H and O–H groups in total. The molecular formula is C13H28O2. The highest BCUT2D eigenvalue weighted by Crippen LogP contribution is 2.03. The number of carbonyl (C=O) groups is 1. The second-order valence-corrected chi connectivity index (χ2v) is 4.74. The summed E-state index contributed by atoms with van der Waals surface area (Å²) in [5.74, 6) is 0. The lowest BCUT2D eigenvalue weighted by atomic mass is 10.1. The van der Waals surface area contributed by atoms with Gasteiger partial charge in [0.25, 0.3) is 6.47 Å². The van der Waals surface area contributed by atoms with E-state index in [1.165, 1.54) is 38.5 Å². The number of hydrogen-bond donors (Lipinski definition) is 0. The molecule has 0 aliphatic heterocycles. The van der Waals surface area contributed by atoms with Gasteiger partial charge in [-0.1, -0.05) is 52.4 Å². The Bertz CT molecular complexity index is 119. The summed E-state index contributed by atoms with van der Waals surface area (Å²) in [6, 6.07) is 0. The Morgan fingerprint density at radius 3 is 1.47 bits per heavy atom. The van der Waals surface area contributed by atoms with Crippen LogP contribution >= 0.6 is 0 Å². The van der Waals surface area contributed by atoms with Crippen molar-refractivity contribution in [2.24, 2.45) is 0 Å². The molecule has 0 radical (unpaired) electrons. The Balaban J connectivity index is 0. The predicted octanol–water partition coefficient (Wildman–Crippen LogP) is 4.32. The smallest absolute Gasteiger partial charge is 0.293 e. The maximum Gasteiger partial charge on any atom is 0.293 e. The molecule has 0 saturated heterocycles. The molecule has 0 bridgehead atoms.